The summed E-state index contributed by atoms with van der Waals surface area (Å²) >= 11 is 1.20. The molecule has 0 aromatic carbocycles. The van der Waals surface area contributed by atoms with Gasteiger partial charge in [0, 0.05) is 18.1 Å². The predicted octanol–water partition coefficient (Wildman–Crippen LogP) is 3.99. The molecule has 130 valence electrons. The number of likely N-dealkylation sites (tertiary alicyclic amines) is 1. The monoisotopic (exact) mass is 336 g/mol. The number of anilines is 1. The summed E-state index contributed by atoms with van der Waals surface area (Å²) in [5, 5.41) is 10.1. The highest BCUT2D eigenvalue weighted by Crippen LogP contribution is 2.34. The molecule has 1 fully saturated rings. The minimum Gasteiger partial charge on any atom is -0.367 e. The van der Waals surface area contributed by atoms with Gasteiger partial charge in [0.05, 0.1) is 0 Å². The summed E-state index contributed by atoms with van der Waals surface area (Å²) in [6.07, 6.45) is 3.76. The summed E-state index contributed by atoms with van der Waals surface area (Å²) in [6.45, 7) is 10.5. The average Bonchev–Trinajstić information content (AvgIpc) is 2.76. The van der Waals surface area contributed by atoms with Crippen LogP contribution in [0, 0.1) is 11.8 Å². The van der Waals surface area contributed by atoms with Gasteiger partial charge >= 0.3 is 0 Å². The first-order valence-electron chi connectivity index (χ1n) is 8.63. The zero-order valence-corrected chi connectivity index (χ0v) is 16.0. The van der Waals surface area contributed by atoms with Crippen molar-refractivity contribution in [2.75, 3.05) is 18.9 Å². The zero-order chi connectivity index (χ0) is 17.0. The summed E-state index contributed by atoms with van der Waals surface area (Å²) in [5.74, 6) is 2.32. The molecule has 2 rings (SSSR count). The highest BCUT2D eigenvalue weighted by molar-refractivity contribution is 7.97. The van der Waals surface area contributed by atoms with Gasteiger partial charge in [-0.2, -0.15) is 0 Å². The van der Waals surface area contributed by atoms with Crippen molar-refractivity contribution >= 4 is 17.8 Å². The van der Waals surface area contributed by atoms with Crippen molar-refractivity contribution < 1.29 is 0 Å². The van der Waals surface area contributed by atoms with Crippen LogP contribution in [0.1, 0.15) is 47.0 Å². The van der Waals surface area contributed by atoms with Crippen molar-refractivity contribution in [3.8, 4) is 0 Å². The lowest BCUT2D eigenvalue weighted by atomic mass is 9.89. The van der Waals surface area contributed by atoms with Crippen LogP contribution in [0.3, 0.4) is 0 Å². The number of nitrogens with zero attached hydrogens (tertiary/aromatic N) is 2. The maximum atomic E-state index is 5.61. The molecule has 2 heterocycles. The summed E-state index contributed by atoms with van der Waals surface area (Å²) in [7, 11) is 2.25. The molecule has 2 atom stereocenters. The van der Waals surface area contributed by atoms with Crippen molar-refractivity contribution in [1.29, 1.82) is 0 Å². The third kappa shape index (κ3) is 5.10. The van der Waals surface area contributed by atoms with Crippen molar-refractivity contribution in [1.82, 2.24) is 9.88 Å². The van der Waals surface area contributed by atoms with E-state index in [1.165, 1.54) is 37.8 Å². The molecule has 0 spiro atoms. The Balaban J connectivity index is 1.92. The molecule has 3 N–H and O–H groups in total. The zero-order valence-electron chi connectivity index (χ0n) is 15.2. The largest absolute Gasteiger partial charge is 0.367 e. The second-order valence-corrected chi connectivity index (χ2v) is 8.47. The quantitative estimate of drug-likeness (QED) is 0.737. The molecule has 1 unspecified atom stereocenters. The third-order valence-electron chi connectivity index (χ3n) is 5.22. The number of hydrogen-bond donors (Lipinski definition) is 2. The first-order chi connectivity index (χ1) is 10.8. The smallest absolute Gasteiger partial charge is 0.127 e. The Kier molecular flexibility index (Phi) is 6.34. The number of pyridine rings is 1. The average molecular weight is 337 g/mol. The summed E-state index contributed by atoms with van der Waals surface area (Å²) in [5.41, 5.74) is 0.347. The Hall–Kier alpha value is -0.780. The van der Waals surface area contributed by atoms with E-state index >= 15 is 0 Å². The SMILES string of the molecule is CC(C)C(CC[C@@H]1CN(C)C(C)(C)C1)Nc1cccc(SN)n1. The van der Waals surface area contributed by atoms with E-state index in [0.29, 0.717) is 17.5 Å². The van der Waals surface area contributed by atoms with Crippen LogP contribution in [-0.2, 0) is 0 Å². The van der Waals surface area contributed by atoms with Crippen LogP contribution in [0.4, 0.5) is 5.82 Å². The van der Waals surface area contributed by atoms with Crippen LogP contribution in [0.25, 0.3) is 0 Å². The Morgan fingerprint density at radius 3 is 2.74 bits per heavy atom. The van der Waals surface area contributed by atoms with Gasteiger partial charge in [-0.3, -0.25) is 5.14 Å². The van der Waals surface area contributed by atoms with Gasteiger partial charge in [0.2, 0.25) is 0 Å². The Bertz CT molecular complexity index is 504. The van der Waals surface area contributed by atoms with Gasteiger partial charge in [0.1, 0.15) is 10.8 Å². The van der Waals surface area contributed by atoms with Crippen molar-refractivity contribution in [2.24, 2.45) is 17.0 Å². The Morgan fingerprint density at radius 1 is 1.43 bits per heavy atom. The van der Waals surface area contributed by atoms with Crippen LogP contribution in [0.5, 0.6) is 0 Å². The minimum atomic E-state index is 0.347. The fraction of sp³-hybridized carbons (Fsp3) is 0.722. The maximum absolute atomic E-state index is 5.61. The standard InChI is InChI=1S/C18H32N4S/c1-13(2)15(20-16-7-6-8-17(21-16)23-19)10-9-14-11-18(3,4)22(5)12-14/h6-8,13-15H,9-12,19H2,1-5H3,(H,20,21)/t14-,15?/m0/s1. The van der Waals surface area contributed by atoms with Crippen molar-refractivity contribution in [2.45, 2.75) is 63.6 Å². The number of hydrogen-bond acceptors (Lipinski definition) is 5. The number of nitrogens with one attached hydrogen (secondary N) is 1. The molecule has 1 aromatic heterocycles. The van der Waals surface area contributed by atoms with Crippen molar-refractivity contribution in [3.63, 3.8) is 0 Å². The van der Waals surface area contributed by atoms with Crippen LogP contribution < -0.4 is 10.5 Å². The van der Waals surface area contributed by atoms with E-state index in [0.717, 1.165) is 16.8 Å². The number of nitrogens with two attached hydrogens (primary N) is 1. The molecule has 1 saturated heterocycles. The van der Waals surface area contributed by atoms with E-state index in [9.17, 15) is 0 Å². The van der Waals surface area contributed by atoms with Gasteiger partial charge in [-0.1, -0.05) is 19.9 Å². The van der Waals surface area contributed by atoms with E-state index in [4.69, 9.17) is 5.14 Å². The molecule has 1 aliphatic heterocycles. The molecular weight excluding hydrogens is 304 g/mol. The van der Waals surface area contributed by atoms with Gasteiger partial charge < -0.3 is 10.2 Å². The van der Waals surface area contributed by atoms with Crippen LogP contribution >= 0.6 is 11.9 Å². The van der Waals surface area contributed by atoms with Crippen molar-refractivity contribution in [3.05, 3.63) is 18.2 Å². The van der Waals surface area contributed by atoms with Crippen LogP contribution in [0.2, 0.25) is 0 Å². The molecular formula is C18H32N4S. The molecule has 0 aliphatic carbocycles. The third-order valence-corrected chi connectivity index (χ3v) is 5.69. The number of rotatable bonds is 7. The fourth-order valence-corrected chi connectivity index (χ4v) is 3.80. The first kappa shape index (κ1) is 18.6. The molecule has 4 nitrogen and oxygen atoms in total. The molecule has 0 bridgehead atoms. The molecule has 1 aromatic rings. The lowest BCUT2D eigenvalue weighted by molar-refractivity contribution is 0.218. The summed E-state index contributed by atoms with van der Waals surface area (Å²) in [4.78, 5) is 7.05. The molecule has 23 heavy (non-hydrogen) atoms. The normalized spacial score (nSPS) is 22.5. The Morgan fingerprint density at radius 2 is 2.17 bits per heavy atom. The predicted molar refractivity (Wildman–Crippen MR) is 101 cm³/mol. The molecule has 0 amide bonds. The number of aromatic nitrogens is 1. The molecule has 0 radical (unpaired) electrons. The molecule has 5 heteroatoms. The fourth-order valence-electron chi connectivity index (χ4n) is 3.49. The van der Waals surface area contributed by atoms with E-state index in [-0.39, 0.29) is 0 Å². The van der Waals surface area contributed by atoms with E-state index in [2.05, 4.69) is 49.9 Å². The highest BCUT2D eigenvalue weighted by Gasteiger charge is 2.35. The Labute approximate surface area is 145 Å². The molecule has 1 aliphatic rings. The van der Waals surface area contributed by atoms with Gasteiger partial charge in [-0.05, 0) is 76.1 Å². The van der Waals surface area contributed by atoms with Crippen LogP contribution in [0.15, 0.2) is 23.2 Å². The van der Waals surface area contributed by atoms with Gasteiger partial charge in [0.25, 0.3) is 0 Å². The minimum absolute atomic E-state index is 0.347. The second-order valence-electron chi connectivity index (χ2n) is 7.81. The second kappa shape index (κ2) is 7.86. The van der Waals surface area contributed by atoms with Gasteiger partial charge in [0.15, 0.2) is 0 Å². The lowest BCUT2D eigenvalue weighted by Crippen LogP contribution is -2.34. The molecule has 0 saturated carbocycles. The first-order valence-corrected chi connectivity index (χ1v) is 9.51. The van der Waals surface area contributed by atoms with Gasteiger partial charge in [-0.25, -0.2) is 4.98 Å². The van der Waals surface area contributed by atoms with Gasteiger partial charge in [-0.15, -0.1) is 0 Å². The topological polar surface area (TPSA) is 54.2 Å². The summed E-state index contributed by atoms with van der Waals surface area (Å²) in [6, 6.07) is 6.43. The van der Waals surface area contributed by atoms with E-state index < -0.39 is 0 Å². The lowest BCUT2D eigenvalue weighted by Gasteiger charge is -2.26. The maximum Gasteiger partial charge on any atom is 0.127 e. The van der Waals surface area contributed by atoms with E-state index in [1.807, 2.05) is 18.2 Å². The van der Waals surface area contributed by atoms with Crippen LogP contribution in [-0.4, -0.2) is 35.1 Å². The van der Waals surface area contributed by atoms with E-state index in [1.54, 1.807) is 0 Å². The summed E-state index contributed by atoms with van der Waals surface area (Å²) < 4.78 is 0. The highest BCUT2D eigenvalue weighted by atomic mass is 32.2.